The Hall–Kier alpha value is -3.78. The molecule has 32 heavy (non-hydrogen) atoms. The number of hydrogen-bond donors (Lipinski definition) is 4. The number of carbonyl (C=O) groups is 1. The number of amides is 2. The van der Waals surface area contributed by atoms with Gasteiger partial charge in [0.25, 0.3) is 0 Å². The molecule has 7 nitrogen and oxygen atoms in total. The maximum absolute atomic E-state index is 13.1. The molecule has 1 saturated heterocycles. The summed E-state index contributed by atoms with van der Waals surface area (Å²) in [7, 11) is 2.04. The third-order valence-electron chi connectivity index (χ3n) is 5.50. The van der Waals surface area contributed by atoms with Crippen LogP contribution in [0.25, 0.3) is 0 Å². The van der Waals surface area contributed by atoms with Gasteiger partial charge in [-0.25, -0.2) is 14.2 Å². The molecule has 2 amide bonds. The van der Waals surface area contributed by atoms with Crippen molar-refractivity contribution in [2.45, 2.75) is 12.0 Å². The van der Waals surface area contributed by atoms with Crippen LogP contribution < -0.4 is 16.0 Å². The van der Waals surface area contributed by atoms with Crippen molar-refractivity contribution in [1.82, 2.24) is 15.2 Å². The number of rotatable bonds is 6. The lowest BCUT2D eigenvalue weighted by molar-refractivity contribution is 0.247. The largest absolute Gasteiger partial charge is 0.354 e. The third kappa shape index (κ3) is 5.09. The number of likely N-dealkylation sites (N-methyl/N-ethyl adjacent to an activating group) is 1. The second kappa shape index (κ2) is 9.57. The van der Waals surface area contributed by atoms with E-state index in [9.17, 15) is 9.18 Å². The summed E-state index contributed by atoms with van der Waals surface area (Å²) in [5.74, 6) is 0.224. The van der Waals surface area contributed by atoms with E-state index in [1.807, 2.05) is 25.2 Å². The van der Waals surface area contributed by atoms with Gasteiger partial charge in [-0.1, -0.05) is 30.3 Å². The van der Waals surface area contributed by atoms with Crippen molar-refractivity contribution in [3.8, 4) is 0 Å². The van der Waals surface area contributed by atoms with E-state index in [-0.39, 0.29) is 26.7 Å². The molecule has 0 spiro atoms. The molecule has 0 radical (unpaired) electrons. The average molecular weight is 437 g/mol. The van der Waals surface area contributed by atoms with Crippen molar-refractivity contribution in [2.75, 3.05) is 30.8 Å². The van der Waals surface area contributed by atoms with Gasteiger partial charge in [-0.15, -0.1) is 0 Å². The first kappa shape index (κ1) is 21.5. The lowest BCUT2D eigenvalue weighted by Crippen LogP contribution is -2.42. The van der Waals surface area contributed by atoms with Gasteiger partial charge in [0.2, 0.25) is 0 Å². The van der Waals surface area contributed by atoms with Crippen LogP contribution in [-0.2, 0) is 0 Å². The minimum absolute atomic E-state index is 0. The first-order valence-corrected chi connectivity index (χ1v) is 10.4. The first-order valence-electron chi connectivity index (χ1n) is 10.4. The Morgan fingerprint density at radius 2 is 1.94 bits per heavy atom. The van der Waals surface area contributed by atoms with Gasteiger partial charge in [0.1, 0.15) is 11.6 Å². The molecule has 2 aromatic carbocycles. The van der Waals surface area contributed by atoms with Crippen LogP contribution in [-0.4, -0.2) is 48.3 Å². The fourth-order valence-corrected chi connectivity index (χ4v) is 3.96. The molecule has 8 heteroatoms. The molecular formula is C24H29FN6O. The second-order valence-electron chi connectivity index (χ2n) is 7.88. The van der Waals surface area contributed by atoms with Gasteiger partial charge in [-0.05, 0) is 42.9 Å². The third-order valence-corrected chi connectivity index (χ3v) is 5.50. The maximum atomic E-state index is 13.1. The molecule has 1 aliphatic heterocycles. The van der Waals surface area contributed by atoms with Crippen LogP contribution in [0.2, 0.25) is 0 Å². The minimum atomic E-state index is -0.339. The number of anilines is 3. The molecule has 0 saturated carbocycles. The van der Waals surface area contributed by atoms with E-state index in [2.05, 4.69) is 38.0 Å². The zero-order valence-electron chi connectivity index (χ0n) is 17.7. The Labute approximate surface area is 189 Å². The van der Waals surface area contributed by atoms with Crippen LogP contribution in [0.3, 0.4) is 0 Å². The Bertz CT molecular complexity index is 1100. The molecule has 1 aliphatic rings. The highest BCUT2D eigenvalue weighted by molar-refractivity contribution is 5.92. The highest BCUT2D eigenvalue weighted by Crippen LogP contribution is 2.27. The number of pyridine rings is 1. The van der Waals surface area contributed by atoms with Gasteiger partial charge < -0.3 is 20.9 Å². The van der Waals surface area contributed by atoms with E-state index in [4.69, 9.17) is 5.41 Å². The lowest BCUT2D eigenvalue weighted by atomic mass is 9.94. The van der Waals surface area contributed by atoms with Crippen molar-refractivity contribution in [2.24, 2.45) is 0 Å². The summed E-state index contributed by atoms with van der Waals surface area (Å²) in [4.78, 5) is 19.2. The first-order chi connectivity index (χ1) is 15.5. The van der Waals surface area contributed by atoms with Gasteiger partial charge in [0.15, 0.2) is 0 Å². The predicted octanol–water partition coefficient (Wildman–Crippen LogP) is 4.67. The smallest absolute Gasteiger partial charge is 0.320 e. The summed E-state index contributed by atoms with van der Waals surface area (Å²) in [6, 6.07) is 17.3. The molecule has 0 unspecified atom stereocenters. The molecular weight excluding hydrogens is 407 g/mol. The summed E-state index contributed by atoms with van der Waals surface area (Å²) in [5.41, 5.74) is 3.00. The number of hydrogen-bond acceptors (Lipinski definition) is 5. The van der Waals surface area contributed by atoms with E-state index >= 15 is 0 Å². The van der Waals surface area contributed by atoms with Crippen LogP contribution in [0.1, 0.15) is 19.9 Å². The van der Waals surface area contributed by atoms with Crippen LogP contribution in [0.4, 0.5) is 26.4 Å². The van der Waals surface area contributed by atoms with Crippen molar-refractivity contribution in [1.29, 1.82) is 5.41 Å². The highest BCUT2D eigenvalue weighted by atomic mass is 19.1. The van der Waals surface area contributed by atoms with Crippen LogP contribution in [0.5, 0.6) is 0 Å². The second-order valence-corrected chi connectivity index (χ2v) is 7.88. The Morgan fingerprint density at radius 3 is 2.66 bits per heavy atom. The van der Waals surface area contributed by atoms with Crippen LogP contribution in [0, 0.1) is 11.2 Å². The molecule has 0 bridgehead atoms. The van der Waals surface area contributed by atoms with Gasteiger partial charge in [-0.3, -0.25) is 5.32 Å². The number of nitrogens with one attached hydrogen (secondary N) is 4. The van der Waals surface area contributed by atoms with Gasteiger partial charge in [0, 0.05) is 39.3 Å². The van der Waals surface area contributed by atoms with E-state index < -0.39 is 0 Å². The summed E-state index contributed by atoms with van der Waals surface area (Å²) in [6.45, 7) is 1.63. The zero-order valence-corrected chi connectivity index (χ0v) is 17.7. The summed E-state index contributed by atoms with van der Waals surface area (Å²) >= 11 is 0. The van der Waals surface area contributed by atoms with Crippen LogP contribution >= 0.6 is 0 Å². The molecule has 168 valence electrons. The fourth-order valence-electron chi connectivity index (χ4n) is 3.96. The number of benzene rings is 2. The standard InChI is InChI=1S/C24H25FN6O.2H2/c1-31-14-20(16-5-3-2-4-6-16)22(15-31)29-24(32)30-23-11-17(12-26)21(13-27-23)28-19-9-7-18(25)8-10-19;;/h2-13,20,22,26,28H,14-15H2,1H3,(H2,27,29,30,32);2*1H/t20-,22+;;/m1../s1. The summed E-state index contributed by atoms with van der Waals surface area (Å²) in [5, 5.41) is 16.6. The molecule has 2 heterocycles. The Kier molecular flexibility index (Phi) is 6.42. The number of halogens is 1. The number of nitrogens with zero attached hydrogens (tertiary/aromatic N) is 2. The van der Waals surface area contributed by atoms with Crippen molar-refractivity contribution in [3.63, 3.8) is 0 Å². The van der Waals surface area contributed by atoms with Gasteiger partial charge in [0.05, 0.1) is 17.9 Å². The van der Waals surface area contributed by atoms with Crippen molar-refractivity contribution >= 4 is 29.4 Å². The Morgan fingerprint density at radius 1 is 1.19 bits per heavy atom. The van der Waals surface area contributed by atoms with Crippen LogP contribution in [0.15, 0.2) is 66.9 Å². The summed E-state index contributed by atoms with van der Waals surface area (Å²) < 4.78 is 13.1. The van der Waals surface area contributed by atoms with Crippen molar-refractivity contribution in [3.05, 3.63) is 83.8 Å². The Balaban J connectivity index is 0.00000204. The number of aromatic nitrogens is 1. The number of likely N-dealkylation sites (tertiary alicyclic amines) is 1. The minimum Gasteiger partial charge on any atom is -0.354 e. The normalized spacial score (nSPS) is 18.2. The molecule has 4 N–H and O–H groups in total. The van der Waals surface area contributed by atoms with Gasteiger partial charge >= 0.3 is 6.03 Å². The zero-order chi connectivity index (χ0) is 22.5. The fraction of sp³-hybridized carbons (Fsp3) is 0.208. The molecule has 3 aromatic rings. The molecule has 2 atom stereocenters. The lowest BCUT2D eigenvalue weighted by Gasteiger charge is -2.20. The number of carbonyl (C=O) groups excluding carboxylic acids is 1. The van der Waals surface area contributed by atoms with Gasteiger partial charge in [-0.2, -0.15) is 0 Å². The quantitative estimate of drug-likeness (QED) is 0.423. The molecule has 1 fully saturated rings. The van der Waals surface area contributed by atoms with E-state index in [0.29, 0.717) is 22.8 Å². The predicted molar refractivity (Wildman–Crippen MR) is 129 cm³/mol. The SMILES string of the molecule is CN1C[C@H](NC(=O)Nc2cc(C=N)c(Nc3ccc(F)cc3)cn2)[C@@H](c2ccccc2)C1.[HH].[HH]. The van der Waals surface area contributed by atoms with E-state index in [0.717, 1.165) is 13.1 Å². The topological polar surface area (TPSA) is 93.1 Å². The monoisotopic (exact) mass is 436 g/mol. The molecule has 0 aliphatic carbocycles. The highest BCUT2D eigenvalue weighted by Gasteiger charge is 2.33. The van der Waals surface area contributed by atoms with Crippen molar-refractivity contribution < 1.29 is 12.0 Å². The molecule has 4 rings (SSSR count). The average Bonchev–Trinajstić information content (AvgIpc) is 3.16. The maximum Gasteiger partial charge on any atom is 0.320 e. The summed E-state index contributed by atoms with van der Waals surface area (Å²) in [6.07, 6.45) is 2.71. The number of urea groups is 1. The molecule has 1 aromatic heterocycles. The van der Waals surface area contributed by atoms with E-state index in [1.165, 1.54) is 30.1 Å². The van der Waals surface area contributed by atoms with E-state index in [1.54, 1.807) is 18.2 Å².